The summed E-state index contributed by atoms with van der Waals surface area (Å²) in [6, 6.07) is 7.49. The minimum absolute atomic E-state index is 0.0565. The summed E-state index contributed by atoms with van der Waals surface area (Å²) in [6.07, 6.45) is 2.32. The molecule has 19 heavy (non-hydrogen) atoms. The maximum absolute atomic E-state index is 12.4. The van der Waals surface area contributed by atoms with Crippen molar-refractivity contribution in [2.45, 2.75) is 32.1 Å². The second-order valence-electron chi connectivity index (χ2n) is 5.12. The van der Waals surface area contributed by atoms with Crippen LogP contribution in [0.25, 0.3) is 0 Å². The van der Waals surface area contributed by atoms with E-state index in [2.05, 4.69) is 0 Å². The molecule has 2 N–H and O–H groups in total. The Morgan fingerprint density at radius 1 is 1.26 bits per heavy atom. The lowest BCUT2D eigenvalue weighted by atomic mass is 10.1. The molecule has 0 aromatic heterocycles. The van der Waals surface area contributed by atoms with Crippen molar-refractivity contribution in [3.05, 3.63) is 35.4 Å². The minimum atomic E-state index is -3.24. The minimum Gasteiger partial charge on any atom is -0.326 e. The fourth-order valence-electron chi connectivity index (χ4n) is 2.21. The summed E-state index contributed by atoms with van der Waals surface area (Å²) in [5, 5.41) is 0. The number of hydrogen-bond acceptors (Lipinski definition) is 3. The molecule has 0 amide bonds. The summed E-state index contributed by atoms with van der Waals surface area (Å²) in [6.45, 7) is 3.49. The summed E-state index contributed by atoms with van der Waals surface area (Å²) in [5.41, 5.74) is 7.39. The molecule has 106 valence electrons. The molecule has 1 aromatic carbocycles. The Hall–Kier alpha value is -0.910. The Morgan fingerprint density at radius 3 is 2.42 bits per heavy atom. The van der Waals surface area contributed by atoms with Gasteiger partial charge in [0.1, 0.15) is 0 Å². The lowest BCUT2D eigenvalue weighted by Gasteiger charge is -2.21. The standard InChI is InChI=1S/C14H22N2O2S/c1-2-16(10-12-7-8-12)19(17,18)11-14-6-4-3-5-13(14)9-15/h3-6,12H,2,7-11,15H2,1H3. The van der Waals surface area contributed by atoms with Crippen molar-refractivity contribution in [1.29, 1.82) is 0 Å². The number of hydrogen-bond donors (Lipinski definition) is 1. The molecule has 0 atom stereocenters. The molecule has 1 saturated carbocycles. The smallest absolute Gasteiger partial charge is 0.218 e. The average molecular weight is 282 g/mol. The molecule has 0 bridgehead atoms. The van der Waals surface area contributed by atoms with Crippen LogP contribution in [-0.2, 0) is 22.3 Å². The van der Waals surface area contributed by atoms with Gasteiger partial charge >= 0.3 is 0 Å². The van der Waals surface area contributed by atoms with Crippen molar-refractivity contribution < 1.29 is 8.42 Å². The highest BCUT2D eigenvalue weighted by Crippen LogP contribution is 2.31. The van der Waals surface area contributed by atoms with Crippen LogP contribution in [-0.4, -0.2) is 25.8 Å². The molecule has 4 nitrogen and oxygen atoms in total. The van der Waals surface area contributed by atoms with Crippen LogP contribution in [0.4, 0.5) is 0 Å². The third-order valence-electron chi connectivity index (χ3n) is 3.58. The van der Waals surface area contributed by atoms with Crippen LogP contribution in [0.1, 0.15) is 30.9 Å². The van der Waals surface area contributed by atoms with Crippen LogP contribution in [0, 0.1) is 5.92 Å². The fraction of sp³-hybridized carbons (Fsp3) is 0.571. The predicted octanol–water partition coefficient (Wildman–Crippen LogP) is 1.71. The Bertz CT molecular complexity index is 524. The Labute approximate surface area is 115 Å². The van der Waals surface area contributed by atoms with E-state index in [0.717, 1.165) is 24.0 Å². The van der Waals surface area contributed by atoms with Gasteiger partial charge in [0.15, 0.2) is 0 Å². The van der Waals surface area contributed by atoms with Crippen molar-refractivity contribution in [3.63, 3.8) is 0 Å². The summed E-state index contributed by atoms with van der Waals surface area (Å²) in [7, 11) is -3.24. The normalized spacial score (nSPS) is 15.9. The summed E-state index contributed by atoms with van der Waals surface area (Å²) in [4.78, 5) is 0. The Kier molecular flexibility index (Phi) is 4.60. The second kappa shape index (κ2) is 6.03. The lowest BCUT2D eigenvalue weighted by Crippen LogP contribution is -2.34. The molecule has 1 aliphatic carbocycles. The zero-order chi connectivity index (χ0) is 13.9. The van der Waals surface area contributed by atoms with E-state index in [0.29, 0.717) is 25.6 Å². The van der Waals surface area contributed by atoms with Gasteiger partial charge in [-0.25, -0.2) is 12.7 Å². The van der Waals surface area contributed by atoms with Crippen LogP contribution in [0.15, 0.2) is 24.3 Å². The topological polar surface area (TPSA) is 63.4 Å². The largest absolute Gasteiger partial charge is 0.326 e. The Morgan fingerprint density at radius 2 is 1.89 bits per heavy atom. The van der Waals surface area contributed by atoms with Crippen LogP contribution in [0.2, 0.25) is 0 Å². The van der Waals surface area contributed by atoms with E-state index >= 15 is 0 Å². The second-order valence-corrected chi connectivity index (χ2v) is 7.09. The van der Waals surface area contributed by atoms with E-state index < -0.39 is 10.0 Å². The van der Waals surface area contributed by atoms with Gasteiger partial charge in [0.05, 0.1) is 5.75 Å². The molecule has 0 unspecified atom stereocenters. The van der Waals surface area contributed by atoms with Gasteiger partial charge in [-0.15, -0.1) is 0 Å². The van der Waals surface area contributed by atoms with Crippen LogP contribution in [0.3, 0.4) is 0 Å². The number of nitrogens with two attached hydrogens (primary N) is 1. The van der Waals surface area contributed by atoms with Crippen LogP contribution >= 0.6 is 0 Å². The molecular weight excluding hydrogens is 260 g/mol. The van der Waals surface area contributed by atoms with Gasteiger partial charge in [-0.2, -0.15) is 0 Å². The fourth-order valence-corrected chi connectivity index (χ4v) is 3.90. The molecule has 1 aliphatic rings. The zero-order valence-electron chi connectivity index (χ0n) is 11.4. The third-order valence-corrected chi connectivity index (χ3v) is 5.45. The number of sulfonamides is 1. The van der Waals surface area contributed by atoms with E-state index in [1.54, 1.807) is 4.31 Å². The molecule has 5 heteroatoms. The van der Waals surface area contributed by atoms with Crippen molar-refractivity contribution in [3.8, 4) is 0 Å². The van der Waals surface area contributed by atoms with E-state index in [9.17, 15) is 8.42 Å². The SMILES string of the molecule is CCN(CC1CC1)S(=O)(=O)Cc1ccccc1CN. The van der Waals surface area contributed by atoms with E-state index in [1.165, 1.54) is 0 Å². The number of nitrogens with zero attached hydrogens (tertiary/aromatic N) is 1. The first-order valence-electron chi connectivity index (χ1n) is 6.81. The molecular formula is C14H22N2O2S. The quantitative estimate of drug-likeness (QED) is 0.828. The number of rotatable bonds is 7. The highest BCUT2D eigenvalue weighted by molar-refractivity contribution is 7.88. The van der Waals surface area contributed by atoms with E-state index in [-0.39, 0.29) is 5.75 Å². The molecule has 2 rings (SSSR count). The van der Waals surface area contributed by atoms with Gasteiger partial charge in [0.25, 0.3) is 0 Å². The van der Waals surface area contributed by atoms with Gasteiger partial charge in [0, 0.05) is 19.6 Å². The van der Waals surface area contributed by atoms with Crippen molar-refractivity contribution in [2.75, 3.05) is 13.1 Å². The van der Waals surface area contributed by atoms with Crippen molar-refractivity contribution >= 4 is 10.0 Å². The first-order chi connectivity index (χ1) is 9.06. The van der Waals surface area contributed by atoms with Gasteiger partial charge < -0.3 is 5.73 Å². The maximum atomic E-state index is 12.4. The highest BCUT2D eigenvalue weighted by atomic mass is 32.2. The highest BCUT2D eigenvalue weighted by Gasteiger charge is 2.29. The molecule has 0 saturated heterocycles. The first kappa shape index (κ1) is 14.5. The zero-order valence-corrected chi connectivity index (χ0v) is 12.2. The summed E-state index contributed by atoms with van der Waals surface area (Å²) in [5.74, 6) is 0.625. The van der Waals surface area contributed by atoms with Crippen molar-refractivity contribution in [1.82, 2.24) is 4.31 Å². The Balaban J connectivity index is 2.14. The first-order valence-corrected chi connectivity index (χ1v) is 8.42. The van der Waals surface area contributed by atoms with Crippen LogP contribution < -0.4 is 5.73 Å². The predicted molar refractivity (Wildman–Crippen MR) is 76.9 cm³/mol. The van der Waals surface area contributed by atoms with Gasteiger partial charge in [-0.1, -0.05) is 31.2 Å². The third kappa shape index (κ3) is 3.78. The van der Waals surface area contributed by atoms with E-state index in [1.807, 2.05) is 31.2 Å². The monoisotopic (exact) mass is 282 g/mol. The molecule has 0 heterocycles. The molecule has 0 radical (unpaired) electrons. The molecule has 0 aliphatic heterocycles. The van der Waals surface area contributed by atoms with Gasteiger partial charge in [-0.05, 0) is 29.9 Å². The number of benzene rings is 1. The van der Waals surface area contributed by atoms with Crippen LogP contribution in [0.5, 0.6) is 0 Å². The van der Waals surface area contributed by atoms with E-state index in [4.69, 9.17) is 5.73 Å². The van der Waals surface area contributed by atoms with Gasteiger partial charge in [0.2, 0.25) is 10.0 Å². The van der Waals surface area contributed by atoms with Crippen molar-refractivity contribution in [2.24, 2.45) is 11.7 Å². The summed E-state index contributed by atoms with van der Waals surface area (Å²) >= 11 is 0. The average Bonchev–Trinajstić information content (AvgIpc) is 3.20. The molecule has 0 spiro atoms. The van der Waals surface area contributed by atoms with Gasteiger partial charge in [-0.3, -0.25) is 0 Å². The summed E-state index contributed by atoms with van der Waals surface area (Å²) < 4.78 is 26.5. The lowest BCUT2D eigenvalue weighted by molar-refractivity contribution is 0.411. The molecule has 1 aromatic rings. The maximum Gasteiger partial charge on any atom is 0.218 e. The molecule has 1 fully saturated rings.